The Bertz CT molecular complexity index is 429. The fourth-order valence-corrected chi connectivity index (χ4v) is 2.20. The van der Waals surface area contributed by atoms with Gasteiger partial charge in [-0.25, -0.2) is 0 Å². The number of guanidine groups is 1. The highest BCUT2D eigenvalue weighted by Crippen LogP contribution is 2.22. The zero-order valence-electron chi connectivity index (χ0n) is 11.9. The van der Waals surface area contributed by atoms with Crippen molar-refractivity contribution in [3.8, 4) is 0 Å². The van der Waals surface area contributed by atoms with Crippen molar-refractivity contribution in [2.24, 2.45) is 4.99 Å². The van der Waals surface area contributed by atoms with Gasteiger partial charge in [0.05, 0.1) is 6.54 Å². The Morgan fingerprint density at radius 2 is 2.15 bits per heavy atom. The van der Waals surface area contributed by atoms with Crippen LogP contribution in [0, 0.1) is 0 Å². The van der Waals surface area contributed by atoms with Crippen LogP contribution in [0.25, 0.3) is 0 Å². The van der Waals surface area contributed by atoms with Crippen LogP contribution in [-0.2, 0) is 0 Å². The van der Waals surface area contributed by atoms with Gasteiger partial charge in [0.1, 0.15) is 6.10 Å². The number of aliphatic hydroxyl groups excluding tert-OH is 1. The van der Waals surface area contributed by atoms with Crippen molar-refractivity contribution in [2.45, 2.75) is 13.0 Å². The molecule has 0 fully saturated rings. The zero-order valence-corrected chi connectivity index (χ0v) is 13.5. The number of thioether (sulfide) groups is 1. The Labute approximate surface area is 130 Å². The van der Waals surface area contributed by atoms with Crippen molar-refractivity contribution in [3.63, 3.8) is 0 Å². The first kappa shape index (κ1) is 17.1. The van der Waals surface area contributed by atoms with Crippen LogP contribution in [0.4, 0.5) is 0 Å². The van der Waals surface area contributed by atoms with Crippen LogP contribution in [0.2, 0.25) is 5.02 Å². The molecule has 0 aliphatic carbocycles. The highest BCUT2D eigenvalue weighted by molar-refractivity contribution is 7.98. The molecule has 1 rings (SSSR count). The van der Waals surface area contributed by atoms with Crippen LogP contribution in [0.5, 0.6) is 0 Å². The van der Waals surface area contributed by atoms with E-state index in [1.807, 2.05) is 25.1 Å². The van der Waals surface area contributed by atoms with Crippen molar-refractivity contribution in [2.75, 3.05) is 31.6 Å². The Balaban J connectivity index is 2.59. The molecule has 0 bridgehead atoms. The molecule has 0 aromatic heterocycles. The van der Waals surface area contributed by atoms with Crippen molar-refractivity contribution in [3.05, 3.63) is 34.9 Å². The van der Waals surface area contributed by atoms with E-state index in [-0.39, 0.29) is 6.54 Å². The largest absolute Gasteiger partial charge is 0.386 e. The second-order valence-electron chi connectivity index (χ2n) is 4.18. The molecule has 0 heterocycles. The van der Waals surface area contributed by atoms with Crippen LogP contribution in [-0.4, -0.2) is 42.7 Å². The number of benzene rings is 1. The summed E-state index contributed by atoms with van der Waals surface area (Å²) in [4.78, 5) is 4.38. The minimum absolute atomic E-state index is 0.276. The summed E-state index contributed by atoms with van der Waals surface area (Å²) in [6.45, 7) is 3.91. The van der Waals surface area contributed by atoms with E-state index in [0.29, 0.717) is 16.5 Å². The number of aliphatic imine (C=N–C) groups is 1. The van der Waals surface area contributed by atoms with Crippen LogP contribution in [0.15, 0.2) is 29.3 Å². The number of rotatable bonds is 7. The molecule has 4 nitrogen and oxygen atoms in total. The number of halogens is 1. The Morgan fingerprint density at radius 3 is 2.80 bits per heavy atom. The first-order valence-corrected chi connectivity index (χ1v) is 8.39. The molecule has 20 heavy (non-hydrogen) atoms. The topological polar surface area (TPSA) is 56.7 Å². The fraction of sp³-hybridized carbons (Fsp3) is 0.500. The summed E-state index contributed by atoms with van der Waals surface area (Å²) >= 11 is 7.83. The third kappa shape index (κ3) is 6.03. The van der Waals surface area contributed by atoms with E-state index >= 15 is 0 Å². The van der Waals surface area contributed by atoms with E-state index in [2.05, 4.69) is 21.9 Å². The van der Waals surface area contributed by atoms with E-state index in [0.717, 1.165) is 18.8 Å². The molecule has 6 heteroatoms. The third-order valence-corrected chi connectivity index (χ3v) is 3.59. The highest BCUT2D eigenvalue weighted by Gasteiger charge is 2.10. The van der Waals surface area contributed by atoms with Gasteiger partial charge in [-0.05, 0) is 19.2 Å². The Kier molecular flexibility index (Phi) is 8.49. The van der Waals surface area contributed by atoms with Gasteiger partial charge in [-0.15, -0.1) is 0 Å². The van der Waals surface area contributed by atoms with E-state index in [1.54, 1.807) is 17.8 Å². The average Bonchev–Trinajstić information content (AvgIpc) is 2.45. The molecule has 0 radical (unpaired) electrons. The summed E-state index contributed by atoms with van der Waals surface area (Å²) < 4.78 is 0. The minimum atomic E-state index is -0.695. The molecule has 1 atom stereocenters. The molecule has 0 amide bonds. The maximum Gasteiger partial charge on any atom is 0.191 e. The zero-order chi connectivity index (χ0) is 14.8. The predicted molar refractivity (Wildman–Crippen MR) is 88.8 cm³/mol. The maximum atomic E-state index is 10.1. The van der Waals surface area contributed by atoms with Crippen LogP contribution < -0.4 is 10.6 Å². The molecule has 1 aromatic rings. The Hall–Kier alpha value is -0.910. The second kappa shape index (κ2) is 9.91. The molecule has 0 aliphatic rings. The van der Waals surface area contributed by atoms with Crippen LogP contribution in [0.3, 0.4) is 0 Å². The van der Waals surface area contributed by atoms with Gasteiger partial charge in [0, 0.05) is 29.4 Å². The molecule has 1 unspecified atom stereocenters. The lowest BCUT2D eigenvalue weighted by Gasteiger charge is -2.13. The predicted octanol–water partition coefficient (Wildman–Crippen LogP) is 2.29. The second-order valence-corrected chi connectivity index (χ2v) is 5.57. The van der Waals surface area contributed by atoms with Crippen molar-refractivity contribution in [1.82, 2.24) is 10.6 Å². The fourth-order valence-electron chi connectivity index (χ4n) is 1.63. The average molecular weight is 316 g/mol. The molecular formula is C14H22ClN3OS. The third-order valence-electron chi connectivity index (χ3n) is 2.63. The van der Waals surface area contributed by atoms with Gasteiger partial charge >= 0.3 is 0 Å². The standard InChI is InChI=1S/C14H22ClN3OS/c1-3-16-14(17-8-9-20-2)18-10-13(19)11-6-4-5-7-12(11)15/h4-7,13,19H,3,8-10H2,1-2H3,(H2,16,17,18). The number of nitrogens with one attached hydrogen (secondary N) is 2. The molecule has 0 saturated heterocycles. The molecular weight excluding hydrogens is 294 g/mol. The highest BCUT2D eigenvalue weighted by atomic mass is 35.5. The van der Waals surface area contributed by atoms with Gasteiger partial charge in [0.25, 0.3) is 0 Å². The normalized spacial score (nSPS) is 13.1. The maximum absolute atomic E-state index is 10.1. The number of hydrogen-bond donors (Lipinski definition) is 3. The van der Waals surface area contributed by atoms with Gasteiger partial charge in [0.2, 0.25) is 0 Å². The molecule has 0 aliphatic heterocycles. The Morgan fingerprint density at radius 1 is 1.40 bits per heavy atom. The van der Waals surface area contributed by atoms with E-state index in [4.69, 9.17) is 11.6 Å². The van der Waals surface area contributed by atoms with Crippen LogP contribution >= 0.6 is 23.4 Å². The monoisotopic (exact) mass is 315 g/mol. The summed E-state index contributed by atoms with van der Waals surface area (Å²) in [5.41, 5.74) is 0.706. The van der Waals surface area contributed by atoms with Crippen molar-refractivity contribution >= 4 is 29.3 Å². The van der Waals surface area contributed by atoms with Gasteiger partial charge in [0.15, 0.2) is 5.96 Å². The lowest BCUT2D eigenvalue weighted by atomic mass is 10.1. The quantitative estimate of drug-likeness (QED) is 0.410. The van der Waals surface area contributed by atoms with Crippen LogP contribution in [0.1, 0.15) is 18.6 Å². The lowest BCUT2D eigenvalue weighted by molar-refractivity contribution is 0.187. The first-order chi connectivity index (χ1) is 9.69. The summed E-state index contributed by atoms with van der Waals surface area (Å²) in [5, 5.41) is 17.1. The van der Waals surface area contributed by atoms with Gasteiger partial charge in [-0.3, -0.25) is 4.99 Å². The molecule has 3 N–H and O–H groups in total. The van der Waals surface area contributed by atoms with Gasteiger partial charge < -0.3 is 15.7 Å². The summed E-state index contributed by atoms with van der Waals surface area (Å²) in [5.74, 6) is 1.73. The smallest absolute Gasteiger partial charge is 0.191 e. The molecule has 1 aromatic carbocycles. The molecule has 112 valence electrons. The van der Waals surface area contributed by atoms with E-state index in [9.17, 15) is 5.11 Å². The van der Waals surface area contributed by atoms with Gasteiger partial charge in [-0.1, -0.05) is 29.8 Å². The number of hydrogen-bond acceptors (Lipinski definition) is 3. The van der Waals surface area contributed by atoms with E-state index in [1.165, 1.54) is 0 Å². The molecule has 0 saturated carbocycles. The lowest BCUT2D eigenvalue weighted by Crippen LogP contribution is -2.38. The van der Waals surface area contributed by atoms with E-state index < -0.39 is 6.10 Å². The van der Waals surface area contributed by atoms with Crippen molar-refractivity contribution < 1.29 is 5.11 Å². The summed E-state index contributed by atoms with van der Waals surface area (Å²) in [7, 11) is 0. The minimum Gasteiger partial charge on any atom is -0.386 e. The SMILES string of the molecule is CCNC(=NCC(O)c1ccccc1Cl)NCCSC. The summed E-state index contributed by atoms with van der Waals surface area (Å²) in [6.07, 6.45) is 1.37. The van der Waals surface area contributed by atoms with Crippen molar-refractivity contribution in [1.29, 1.82) is 0 Å². The number of nitrogens with zero attached hydrogens (tertiary/aromatic N) is 1. The molecule has 0 spiro atoms. The number of aliphatic hydroxyl groups is 1. The van der Waals surface area contributed by atoms with Gasteiger partial charge in [-0.2, -0.15) is 11.8 Å². The first-order valence-electron chi connectivity index (χ1n) is 6.62. The summed E-state index contributed by atoms with van der Waals surface area (Å²) in [6, 6.07) is 7.29.